The number of halogens is 2. The largest absolute Gasteiger partial charge is 0.493 e. The van der Waals surface area contributed by atoms with Crippen LogP contribution < -0.4 is 14.4 Å². The molecule has 1 aliphatic heterocycles. The number of hydrogen-bond donors (Lipinski definition) is 0. The van der Waals surface area contributed by atoms with E-state index in [0.717, 1.165) is 22.5 Å². The van der Waals surface area contributed by atoms with E-state index in [-0.39, 0.29) is 12.5 Å². The van der Waals surface area contributed by atoms with Crippen molar-refractivity contribution in [1.82, 2.24) is 0 Å². The van der Waals surface area contributed by atoms with E-state index < -0.39 is 0 Å². The Kier molecular flexibility index (Phi) is 8.03. The number of aliphatic imine (C=N–C) groups is 1. The summed E-state index contributed by atoms with van der Waals surface area (Å²) >= 11 is 13.6. The van der Waals surface area contributed by atoms with Gasteiger partial charge in [0.25, 0.3) is 5.91 Å². The van der Waals surface area contributed by atoms with Crippen LogP contribution in [0.2, 0.25) is 10.0 Å². The molecule has 0 unspecified atom stereocenters. The minimum absolute atomic E-state index is 0.146. The average molecular weight is 561 g/mol. The predicted molar refractivity (Wildman–Crippen MR) is 157 cm³/mol. The molecule has 4 aromatic rings. The van der Waals surface area contributed by atoms with Crippen molar-refractivity contribution < 1.29 is 14.3 Å². The number of amides is 1. The second-order valence-corrected chi connectivity index (χ2v) is 10.1. The van der Waals surface area contributed by atoms with Gasteiger partial charge in [-0.05, 0) is 71.9 Å². The SMILES string of the molecule is COc1cc(/C=C2/SC(=Nc3ccccc3)N(c3ccccc3)C2=O)ccc1OCc1ccc(Cl)cc1Cl. The molecule has 0 radical (unpaired) electrons. The summed E-state index contributed by atoms with van der Waals surface area (Å²) in [5, 5.41) is 1.69. The number of anilines is 1. The molecule has 1 saturated heterocycles. The van der Waals surface area contributed by atoms with Gasteiger partial charge in [0.15, 0.2) is 16.7 Å². The van der Waals surface area contributed by atoms with Crippen LogP contribution in [0.15, 0.2) is 107 Å². The van der Waals surface area contributed by atoms with Crippen molar-refractivity contribution in [2.24, 2.45) is 4.99 Å². The van der Waals surface area contributed by atoms with Crippen molar-refractivity contribution in [3.05, 3.63) is 123 Å². The van der Waals surface area contributed by atoms with Crippen LogP contribution in [0.5, 0.6) is 11.5 Å². The zero-order chi connectivity index (χ0) is 26.5. The molecule has 8 heteroatoms. The van der Waals surface area contributed by atoms with Crippen LogP contribution in [0.3, 0.4) is 0 Å². The van der Waals surface area contributed by atoms with Crippen LogP contribution >= 0.6 is 35.0 Å². The summed E-state index contributed by atoms with van der Waals surface area (Å²) < 4.78 is 11.5. The Labute approximate surface area is 235 Å². The average Bonchev–Trinajstić information content (AvgIpc) is 3.23. The van der Waals surface area contributed by atoms with Gasteiger partial charge in [0.05, 0.1) is 23.4 Å². The van der Waals surface area contributed by atoms with Gasteiger partial charge in [-0.3, -0.25) is 9.69 Å². The standard InChI is InChI=1S/C30H22Cl2N2O3S/c1-36-27-16-20(12-15-26(27)37-19-21-13-14-22(31)18-25(21)32)17-28-29(35)34(24-10-6-3-7-11-24)30(38-28)33-23-8-4-2-5-9-23/h2-18H,19H2,1H3/b28-17+,33-30?. The van der Waals surface area contributed by atoms with Gasteiger partial charge in [0, 0.05) is 15.6 Å². The molecule has 0 spiro atoms. The predicted octanol–water partition coefficient (Wildman–Crippen LogP) is 8.39. The number of carbonyl (C=O) groups excluding carboxylic acids is 1. The van der Waals surface area contributed by atoms with Crippen LogP contribution in [-0.4, -0.2) is 18.2 Å². The number of thioether (sulfide) groups is 1. The van der Waals surface area contributed by atoms with Crippen molar-refractivity contribution in [2.45, 2.75) is 6.61 Å². The number of methoxy groups -OCH3 is 1. The summed E-state index contributed by atoms with van der Waals surface area (Å²) in [6, 6.07) is 29.9. The molecule has 0 saturated carbocycles. The Morgan fingerprint density at radius 2 is 1.63 bits per heavy atom. The van der Waals surface area contributed by atoms with E-state index in [1.54, 1.807) is 24.1 Å². The fraction of sp³-hybridized carbons (Fsp3) is 0.0667. The number of para-hydroxylation sites is 2. The molecule has 190 valence electrons. The molecule has 0 aliphatic carbocycles. The highest BCUT2D eigenvalue weighted by Crippen LogP contribution is 2.38. The van der Waals surface area contributed by atoms with Crippen LogP contribution in [-0.2, 0) is 11.4 Å². The van der Waals surface area contributed by atoms with Crippen molar-refractivity contribution in [3.63, 3.8) is 0 Å². The van der Waals surface area contributed by atoms with Crippen LogP contribution in [0.1, 0.15) is 11.1 Å². The Hall–Kier alpha value is -3.71. The molecule has 0 N–H and O–H groups in total. The highest BCUT2D eigenvalue weighted by Gasteiger charge is 2.34. The molecule has 5 nitrogen and oxygen atoms in total. The normalized spacial score (nSPS) is 15.3. The van der Waals surface area contributed by atoms with Gasteiger partial charge in [-0.25, -0.2) is 4.99 Å². The summed E-state index contributed by atoms with van der Waals surface area (Å²) in [6.45, 7) is 0.256. The Morgan fingerprint density at radius 1 is 0.895 bits per heavy atom. The number of hydrogen-bond acceptors (Lipinski definition) is 5. The molecule has 4 aromatic carbocycles. The van der Waals surface area contributed by atoms with Crippen LogP contribution in [0.4, 0.5) is 11.4 Å². The lowest BCUT2D eigenvalue weighted by atomic mass is 10.1. The Bertz CT molecular complexity index is 1530. The third-order valence-corrected chi connectivity index (χ3v) is 7.24. The molecule has 1 aliphatic rings. The van der Waals surface area contributed by atoms with E-state index in [1.165, 1.54) is 11.8 Å². The van der Waals surface area contributed by atoms with Crippen LogP contribution in [0, 0.1) is 0 Å². The van der Waals surface area contributed by atoms with Crippen molar-refractivity contribution in [2.75, 3.05) is 12.0 Å². The summed E-state index contributed by atoms with van der Waals surface area (Å²) in [5.74, 6) is 0.953. The second-order valence-electron chi connectivity index (χ2n) is 8.25. The molecule has 0 bridgehead atoms. The van der Waals surface area contributed by atoms with Crippen LogP contribution in [0.25, 0.3) is 6.08 Å². The quantitative estimate of drug-likeness (QED) is 0.213. The smallest absolute Gasteiger partial charge is 0.271 e. The lowest BCUT2D eigenvalue weighted by Crippen LogP contribution is -2.28. The first-order valence-electron chi connectivity index (χ1n) is 11.7. The van der Waals surface area contributed by atoms with Crippen molar-refractivity contribution >= 4 is 63.5 Å². The molecule has 0 atom stereocenters. The molecule has 0 aromatic heterocycles. The molecule has 1 fully saturated rings. The fourth-order valence-electron chi connectivity index (χ4n) is 3.81. The molecule has 38 heavy (non-hydrogen) atoms. The third kappa shape index (κ3) is 5.89. The molecule has 1 heterocycles. The number of rotatable bonds is 7. The number of ether oxygens (including phenoxy) is 2. The monoisotopic (exact) mass is 560 g/mol. The Morgan fingerprint density at radius 3 is 2.34 bits per heavy atom. The van der Waals surface area contributed by atoms with E-state index in [4.69, 9.17) is 37.7 Å². The molecular formula is C30H22Cl2N2O3S. The van der Waals surface area contributed by atoms with Gasteiger partial charge in [-0.15, -0.1) is 0 Å². The minimum atomic E-state index is -0.146. The first-order chi connectivity index (χ1) is 18.5. The summed E-state index contributed by atoms with van der Waals surface area (Å²) in [7, 11) is 1.58. The van der Waals surface area contributed by atoms with Gasteiger partial charge in [0.2, 0.25) is 0 Å². The van der Waals surface area contributed by atoms with E-state index in [1.807, 2.05) is 91.0 Å². The van der Waals surface area contributed by atoms with Crippen molar-refractivity contribution in [3.8, 4) is 11.5 Å². The maximum atomic E-state index is 13.5. The first-order valence-corrected chi connectivity index (χ1v) is 13.3. The maximum Gasteiger partial charge on any atom is 0.271 e. The van der Waals surface area contributed by atoms with E-state index in [0.29, 0.717) is 31.6 Å². The van der Waals surface area contributed by atoms with Gasteiger partial charge < -0.3 is 9.47 Å². The zero-order valence-electron chi connectivity index (χ0n) is 20.3. The highest BCUT2D eigenvalue weighted by molar-refractivity contribution is 8.19. The number of benzene rings is 4. The Balaban J connectivity index is 1.42. The van der Waals surface area contributed by atoms with E-state index in [2.05, 4.69) is 0 Å². The summed E-state index contributed by atoms with van der Waals surface area (Å²) in [6.07, 6.45) is 1.83. The molecular weight excluding hydrogens is 539 g/mol. The summed E-state index contributed by atoms with van der Waals surface area (Å²) in [4.78, 5) is 20.5. The first kappa shape index (κ1) is 25.9. The third-order valence-electron chi connectivity index (χ3n) is 5.69. The lowest BCUT2D eigenvalue weighted by Gasteiger charge is -2.15. The van der Waals surface area contributed by atoms with Crippen molar-refractivity contribution in [1.29, 1.82) is 0 Å². The molecule has 5 rings (SSSR count). The topological polar surface area (TPSA) is 51.1 Å². The summed E-state index contributed by atoms with van der Waals surface area (Å²) in [5.41, 5.74) is 3.13. The number of amidine groups is 1. The number of nitrogens with zero attached hydrogens (tertiary/aromatic N) is 2. The maximum absolute atomic E-state index is 13.5. The number of carbonyl (C=O) groups is 1. The van der Waals surface area contributed by atoms with Gasteiger partial charge in [-0.1, -0.05) is 71.7 Å². The van der Waals surface area contributed by atoms with E-state index in [9.17, 15) is 4.79 Å². The van der Waals surface area contributed by atoms with Gasteiger partial charge in [-0.2, -0.15) is 0 Å². The second kappa shape index (κ2) is 11.8. The van der Waals surface area contributed by atoms with Gasteiger partial charge in [0.1, 0.15) is 6.61 Å². The molecule has 1 amide bonds. The van der Waals surface area contributed by atoms with E-state index >= 15 is 0 Å². The fourth-order valence-corrected chi connectivity index (χ4v) is 5.27. The lowest BCUT2D eigenvalue weighted by molar-refractivity contribution is -0.113. The zero-order valence-corrected chi connectivity index (χ0v) is 22.6. The minimum Gasteiger partial charge on any atom is -0.493 e. The van der Waals surface area contributed by atoms with Gasteiger partial charge >= 0.3 is 0 Å². The highest BCUT2D eigenvalue weighted by atomic mass is 35.5.